The summed E-state index contributed by atoms with van der Waals surface area (Å²) in [5, 5.41) is 2.95. The molecule has 4 nitrogen and oxygen atoms in total. The zero-order valence-electron chi connectivity index (χ0n) is 12.9. The molecule has 2 aromatic rings. The van der Waals surface area contributed by atoms with Gasteiger partial charge >= 0.3 is 0 Å². The van der Waals surface area contributed by atoms with Gasteiger partial charge in [0.15, 0.2) is 0 Å². The Hall–Kier alpha value is -2.36. The summed E-state index contributed by atoms with van der Waals surface area (Å²) in [5.41, 5.74) is 2.19. The van der Waals surface area contributed by atoms with Crippen molar-refractivity contribution in [2.24, 2.45) is 0 Å². The van der Waals surface area contributed by atoms with E-state index in [4.69, 9.17) is 4.74 Å². The predicted molar refractivity (Wildman–Crippen MR) is 86.9 cm³/mol. The average molecular weight is 298 g/mol. The molecule has 0 fully saturated rings. The third-order valence-corrected chi connectivity index (χ3v) is 3.29. The molecule has 1 amide bonds. The molecule has 0 aliphatic carbocycles. The van der Waals surface area contributed by atoms with Gasteiger partial charge in [-0.05, 0) is 49.1 Å². The Morgan fingerprint density at radius 3 is 2.68 bits per heavy atom. The van der Waals surface area contributed by atoms with Crippen LogP contribution in [0.4, 0.5) is 0 Å². The summed E-state index contributed by atoms with van der Waals surface area (Å²) < 4.78 is 5.38. The molecule has 0 unspecified atom stereocenters. The minimum absolute atomic E-state index is 0.0512. The second-order valence-electron chi connectivity index (χ2n) is 5.07. The number of aromatic nitrogens is 1. The first-order chi connectivity index (χ1) is 10.8. The summed E-state index contributed by atoms with van der Waals surface area (Å²) in [6.07, 6.45) is 5.88. The van der Waals surface area contributed by atoms with Crippen molar-refractivity contribution in [1.29, 1.82) is 0 Å². The van der Waals surface area contributed by atoms with Gasteiger partial charge in [0.05, 0.1) is 13.0 Å². The summed E-state index contributed by atoms with van der Waals surface area (Å²) in [6, 6.07) is 11.6. The molecule has 2 rings (SSSR count). The molecule has 1 N–H and O–H groups in total. The molecule has 1 heterocycles. The normalized spacial score (nSPS) is 10.2. The van der Waals surface area contributed by atoms with Crippen molar-refractivity contribution in [3.63, 3.8) is 0 Å². The summed E-state index contributed by atoms with van der Waals surface area (Å²) in [7, 11) is 0. The van der Waals surface area contributed by atoms with Gasteiger partial charge in [0.25, 0.3) is 0 Å². The van der Waals surface area contributed by atoms with E-state index in [0.717, 1.165) is 24.2 Å². The fourth-order valence-electron chi connectivity index (χ4n) is 2.18. The smallest absolute Gasteiger partial charge is 0.224 e. The van der Waals surface area contributed by atoms with Crippen LogP contribution in [-0.4, -0.2) is 24.0 Å². The lowest BCUT2D eigenvalue weighted by atomic mass is 10.1. The van der Waals surface area contributed by atoms with Gasteiger partial charge in [-0.1, -0.05) is 18.2 Å². The quantitative estimate of drug-likeness (QED) is 0.762. The Balaban J connectivity index is 1.67. The molecule has 0 saturated carbocycles. The molecule has 4 heteroatoms. The number of carbonyl (C=O) groups excluding carboxylic acids is 1. The van der Waals surface area contributed by atoms with Gasteiger partial charge in [-0.25, -0.2) is 0 Å². The van der Waals surface area contributed by atoms with Crippen LogP contribution < -0.4 is 10.1 Å². The van der Waals surface area contributed by atoms with Crippen LogP contribution in [0.25, 0.3) is 0 Å². The van der Waals surface area contributed by atoms with Gasteiger partial charge in [0.1, 0.15) is 5.75 Å². The van der Waals surface area contributed by atoms with Gasteiger partial charge in [-0.15, -0.1) is 0 Å². The van der Waals surface area contributed by atoms with E-state index in [9.17, 15) is 4.79 Å². The first kappa shape index (κ1) is 16.0. The first-order valence-corrected chi connectivity index (χ1v) is 7.65. The highest BCUT2D eigenvalue weighted by Gasteiger charge is 2.03. The average Bonchev–Trinajstić information content (AvgIpc) is 2.55. The number of rotatable bonds is 8. The standard InChI is InChI=1S/C18H22N2O2/c1-2-22-17-9-7-15(8-10-17)13-18(21)20-12-4-6-16-5-3-11-19-14-16/h3,5,7-11,14H,2,4,6,12-13H2,1H3,(H,20,21). The maximum atomic E-state index is 11.9. The van der Waals surface area contributed by atoms with Gasteiger partial charge in [-0.3, -0.25) is 9.78 Å². The first-order valence-electron chi connectivity index (χ1n) is 7.65. The molecule has 0 saturated heterocycles. The van der Waals surface area contributed by atoms with Crippen molar-refractivity contribution in [3.05, 3.63) is 59.9 Å². The summed E-state index contributed by atoms with van der Waals surface area (Å²) in [5.74, 6) is 0.887. The SMILES string of the molecule is CCOc1ccc(CC(=O)NCCCc2cccnc2)cc1. The van der Waals surface area contributed by atoms with Crippen molar-refractivity contribution in [2.75, 3.05) is 13.2 Å². The van der Waals surface area contributed by atoms with Crippen molar-refractivity contribution < 1.29 is 9.53 Å². The Kier molecular flexibility index (Phi) is 6.42. The fourth-order valence-corrected chi connectivity index (χ4v) is 2.18. The fraction of sp³-hybridized carbons (Fsp3) is 0.333. The van der Waals surface area contributed by atoms with Crippen LogP contribution in [-0.2, 0) is 17.6 Å². The molecule has 0 radical (unpaired) electrons. The number of benzene rings is 1. The lowest BCUT2D eigenvalue weighted by molar-refractivity contribution is -0.120. The van der Waals surface area contributed by atoms with E-state index in [0.29, 0.717) is 19.6 Å². The second kappa shape index (κ2) is 8.82. The van der Waals surface area contributed by atoms with E-state index in [-0.39, 0.29) is 5.91 Å². The minimum atomic E-state index is 0.0512. The number of ether oxygens (including phenoxy) is 1. The van der Waals surface area contributed by atoms with Gasteiger partial charge < -0.3 is 10.1 Å². The number of amides is 1. The largest absolute Gasteiger partial charge is 0.494 e. The topological polar surface area (TPSA) is 51.2 Å². The Bertz CT molecular complexity index is 567. The molecule has 0 aliphatic heterocycles. The van der Waals surface area contributed by atoms with E-state index in [1.807, 2.05) is 43.5 Å². The lowest BCUT2D eigenvalue weighted by Gasteiger charge is -2.07. The zero-order chi connectivity index (χ0) is 15.6. The summed E-state index contributed by atoms with van der Waals surface area (Å²) in [4.78, 5) is 16.0. The molecule has 116 valence electrons. The minimum Gasteiger partial charge on any atom is -0.494 e. The van der Waals surface area contributed by atoms with Crippen molar-refractivity contribution in [2.45, 2.75) is 26.2 Å². The monoisotopic (exact) mass is 298 g/mol. The number of carbonyl (C=O) groups is 1. The molecule has 1 aromatic carbocycles. The second-order valence-corrected chi connectivity index (χ2v) is 5.07. The summed E-state index contributed by atoms with van der Waals surface area (Å²) in [6.45, 7) is 3.29. The third-order valence-electron chi connectivity index (χ3n) is 3.29. The number of pyridine rings is 1. The number of nitrogens with zero attached hydrogens (tertiary/aromatic N) is 1. The van der Waals surface area contributed by atoms with E-state index < -0.39 is 0 Å². The van der Waals surface area contributed by atoms with Crippen LogP contribution in [0, 0.1) is 0 Å². The molecule has 0 spiro atoms. The number of hydrogen-bond acceptors (Lipinski definition) is 3. The Morgan fingerprint density at radius 2 is 2.00 bits per heavy atom. The van der Waals surface area contributed by atoms with Crippen LogP contribution >= 0.6 is 0 Å². The van der Waals surface area contributed by atoms with Crippen molar-refractivity contribution in [3.8, 4) is 5.75 Å². The number of aryl methyl sites for hydroxylation is 1. The summed E-state index contributed by atoms with van der Waals surface area (Å²) >= 11 is 0. The van der Waals surface area contributed by atoms with E-state index >= 15 is 0 Å². The highest BCUT2D eigenvalue weighted by atomic mass is 16.5. The lowest BCUT2D eigenvalue weighted by Crippen LogP contribution is -2.26. The van der Waals surface area contributed by atoms with Crippen molar-refractivity contribution >= 4 is 5.91 Å². The number of hydrogen-bond donors (Lipinski definition) is 1. The molecular weight excluding hydrogens is 276 g/mol. The zero-order valence-corrected chi connectivity index (χ0v) is 12.9. The molecule has 22 heavy (non-hydrogen) atoms. The highest BCUT2D eigenvalue weighted by molar-refractivity contribution is 5.78. The third kappa shape index (κ3) is 5.56. The van der Waals surface area contributed by atoms with Crippen molar-refractivity contribution in [1.82, 2.24) is 10.3 Å². The highest BCUT2D eigenvalue weighted by Crippen LogP contribution is 2.12. The van der Waals surface area contributed by atoms with Crippen LogP contribution in [0.2, 0.25) is 0 Å². The van der Waals surface area contributed by atoms with Gasteiger partial charge in [0, 0.05) is 18.9 Å². The Morgan fingerprint density at radius 1 is 1.18 bits per heavy atom. The molecule has 0 aliphatic rings. The van der Waals surface area contributed by atoms with E-state index in [1.54, 1.807) is 6.20 Å². The van der Waals surface area contributed by atoms with Gasteiger partial charge in [0.2, 0.25) is 5.91 Å². The maximum absolute atomic E-state index is 11.9. The van der Waals surface area contributed by atoms with Crippen LogP contribution in [0.15, 0.2) is 48.8 Å². The molecule has 0 atom stereocenters. The molecular formula is C18H22N2O2. The molecule has 0 bridgehead atoms. The van der Waals surface area contributed by atoms with E-state index in [1.165, 1.54) is 5.56 Å². The van der Waals surface area contributed by atoms with E-state index in [2.05, 4.69) is 16.4 Å². The number of nitrogens with one attached hydrogen (secondary N) is 1. The van der Waals surface area contributed by atoms with Crippen LogP contribution in [0.1, 0.15) is 24.5 Å². The predicted octanol–water partition coefficient (Wildman–Crippen LogP) is 2.77. The Labute approximate surface area is 131 Å². The molecule has 1 aromatic heterocycles. The maximum Gasteiger partial charge on any atom is 0.224 e. The van der Waals surface area contributed by atoms with Gasteiger partial charge in [-0.2, -0.15) is 0 Å². The van der Waals surface area contributed by atoms with Crippen LogP contribution in [0.3, 0.4) is 0 Å². The van der Waals surface area contributed by atoms with Crippen LogP contribution in [0.5, 0.6) is 5.75 Å².